The average molecular weight is 486 g/mol. The molecule has 0 radical (unpaired) electrons. The minimum atomic E-state index is -0.0843. The Morgan fingerprint density at radius 1 is 1.00 bits per heavy atom. The maximum absolute atomic E-state index is 12.4. The van der Waals surface area contributed by atoms with E-state index in [1.54, 1.807) is 31.4 Å². The van der Waals surface area contributed by atoms with Gasteiger partial charge in [-0.15, -0.1) is 0 Å². The Kier molecular flexibility index (Phi) is 8.61. The van der Waals surface area contributed by atoms with Gasteiger partial charge in [-0.05, 0) is 72.9 Å². The number of carbonyl (C=O) groups is 1. The number of hydrogen-bond acceptors (Lipinski definition) is 4. The topological polar surface area (TPSA) is 65.4 Å². The van der Waals surface area contributed by atoms with Gasteiger partial charge in [0.2, 0.25) is 0 Å². The maximum atomic E-state index is 12.4. The van der Waals surface area contributed by atoms with Crippen molar-refractivity contribution in [2.24, 2.45) is 0 Å². The van der Waals surface area contributed by atoms with Crippen LogP contribution in [0.4, 0.5) is 0 Å². The van der Waals surface area contributed by atoms with Crippen molar-refractivity contribution in [3.63, 3.8) is 0 Å². The number of para-hydroxylation sites is 2. The summed E-state index contributed by atoms with van der Waals surface area (Å²) in [4.78, 5) is 17.3. The molecule has 0 aliphatic heterocycles. The number of nitrogens with one attached hydrogen (secondary N) is 1. The van der Waals surface area contributed by atoms with E-state index in [0.717, 1.165) is 47.6 Å². The number of rotatable bonds is 12. The van der Waals surface area contributed by atoms with Gasteiger partial charge < -0.3 is 19.4 Å². The minimum Gasteiger partial charge on any atom is -0.497 e. The van der Waals surface area contributed by atoms with Crippen LogP contribution in [0, 0.1) is 0 Å². The molecule has 0 spiro atoms. The average Bonchev–Trinajstić information content (AvgIpc) is 3.28. The van der Waals surface area contributed by atoms with Gasteiger partial charge in [-0.25, -0.2) is 4.98 Å². The number of imidazole rings is 1. The molecule has 36 heavy (non-hydrogen) atoms. The molecule has 6 nitrogen and oxygen atoms in total. The van der Waals surface area contributed by atoms with Crippen LogP contribution >= 0.6 is 0 Å². The number of aromatic nitrogens is 2. The van der Waals surface area contributed by atoms with Gasteiger partial charge in [0.05, 0.1) is 24.7 Å². The van der Waals surface area contributed by atoms with Crippen molar-refractivity contribution >= 4 is 16.9 Å². The fourth-order valence-electron chi connectivity index (χ4n) is 4.24. The van der Waals surface area contributed by atoms with E-state index in [2.05, 4.69) is 54.1 Å². The Balaban J connectivity index is 1.33. The highest BCUT2D eigenvalue weighted by Crippen LogP contribution is 2.22. The van der Waals surface area contributed by atoms with Crippen LogP contribution in [0.25, 0.3) is 11.0 Å². The number of carbonyl (C=O) groups excluding carboxylic acids is 1. The third kappa shape index (κ3) is 6.25. The minimum absolute atomic E-state index is 0.0843. The van der Waals surface area contributed by atoms with Gasteiger partial charge >= 0.3 is 0 Å². The molecule has 6 heteroatoms. The summed E-state index contributed by atoms with van der Waals surface area (Å²) in [6, 6.07) is 23.7. The molecule has 1 atom stereocenters. The molecule has 188 valence electrons. The summed E-state index contributed by atoms with van der Waals surface area (Å²) >= 11 is 0. The van der Waals surface area contributed by atoms with Crippen molar-refractivity contribution in [3.05, 3.63) is 89.7 Å². The van der Waals surface area contributed by atoms with E-state index < -0.39 is 0 Å². The Labute approximate surface area is 213 Å². The van der Waals surface area contributed by atoms with E-state index >= 15 is 0 Å². The van der Waals surface area contributed by atoms with Gasteiger partial charge in [0.1, 0.15) is 23.9 Å². The van der Waals surface area contributed by atoms with E-state index in [9.17, 15) is 4.79 Å². The number of aryl methyl sites for hydroxylation is 1. The van der Waals surface area contributed by atoms with Gasteiger partial charge in [0, 0.05) is 18.5 Å². The summed E-state index contributed by atoms with van der Waals surface area (Å²) in [6.07, 6.45) is 2.69. The van der Waals surface area contributed by atoms with E-state index in [1.165, 1.54) is 5.56 Å². The molecule has 0 fully saturated rings. The lowest BCUT2D eigenvalue weighted by molar-refractivity contribution is 0.0953. The molecule has 4 aromatic rings. The van der Waals surface area contributed by atoms with Crippen LogP contribution in [0.5, 0.6) is 11.5 Å². The summed E-state index contributed by atoms with van der Waals surface area (Å²) in [5.74, 6) is 3.09. The molecule has 4 rings (SSSR count). The van der Waals surface area contributed by atoms with Gasteiger partial charge in [-0.2, -0.15) is 0 Å². The van der Waals surface area contributed by atoms with Gasteiger partial charge in [0.15, 0.2) is 0 Å². The molecule has 0 saturated carbocycles. The van der Waals surface area contributed by atoms with Crippen LogP contribution in [0.15, 0.2) is 72.8 Å². The van der Waals surface area contributed by atoms with Crippen molar-refractivity contribution in [2.75, 3.05) is 20.3 Å². The first kappa shape index (κ1) is 25.3. The summed E-state index contributed by atoms with van der Waals surface area (Å²) in [5, 5.41) is 3.00. The van der Waals surface area contributed by atoms with E-state index in [4.69, 9.17) is 14.5 Å². The highest BCUT2D eigenvalue weighted by molar-refractivity contribution is 5.94. The summed E-state index contributed by atoms with van der Waals surface area (Å²) < 4.78 is 13.4. The largest absolute Gasteiger partial charge is 0.497 e. The van der Waals surface area contributed by atoms with Crippen LogP contribution in [0.2, 0.25) is 0 Å². The molecule has 1 heterocycles. The first-order chi connectivity index (χ1) is 17.6. The monoisotopic (exact) mass is 485 g/mol. The zero-order chi connectivity index (χ0) is 25.3. The van der Waals surface area contributed by atoms with Crippen molar-refractivity contribution in [3.8, 4) is 11.5 Å². The van der Waals surface area contributed by atoms with Gasteiger partial charge in [-0.1, -0.05) is 38.1 Å². The van der Waals surface area contributed by atoms with Gasteiger partial charge in [-0.3, -0.25) is 4.79 Å². The van der Waals surface area contributed by atoms with Crippen molar-refractivity contribution in [1.82, 2.24) is 14.9 Å². The number of fused-ring (bicyclic) bond motifs is 1. The SMILES string of the molecule is CCC(C)c1ccc(OCCn2c(CCCNC(=O)c3ccc(OC)cc3)nc3ccccc32)cc1. The number of benzene rings is 3. The zero-order valence-electron chi connectivity index (χ0n) is 21.4. The number of amides is 1. The normalized spacial score (nSPS) is 11.9. The lowest BCUT2D eigenvalue weighted by Crippen LogP contribution is -2.25. The van der Waals surface area contributed by atoms with Crippen LogP contribution in [0.3, 0.4) is 0 Å². The quantitative estimate of drug-likeness (QED) is 0.250. The number of ether oxygens (including phenoxy) is 2. The Morgan fingerprint density at radius 2 is 1.72 bits per heavy atom. The second-order valence-corrected chi connectivity index (χ2v) is 8.98. The first-order valence-corrected chi connectivity index (χ1v) is 12.7. The molecular weight excluding hydrogens is 450 g/mol. The number of hydrogen-bond donors (Lipinski definition) is 1. The third-order valence-electron chi connectivity index (χ3n) is 6.59. The molecule has 1 amide bonds. The fraction of sp³-hybridized carbons (Fsp3) is 0.333. The lowest BCUT2D eigenvalue weighted by atomic mass is 9.99. The molecule has 0 aliphatic rings. The fourth-order valence-corrected chi connectivity index (χ4v) is 4.24. The summed E-state index contributed by atoms with van der Waals surface area (Å²) in [6.45, 7) is 6.29. The third-order valence-corrected chi connectivity index (χ3v) is 6.59. The van der Waals surface area contributed by atoms with Crippen LogP contribution in [-0.4, -0.2) is 35.7 Å². The van der Waals surface area contributed by atoms with Crippen LogP contribution in [0.1, 0.15) is 54.4 Å². The van der Waals surface area contributed by atoms with E-state index in [1.807, 2.05) is 18.2 Å². The molecule has 0 aliphatic carbocycles. The van der Waals surface area contributed by atoms with E-state index in [-0.39, 0.29) is 5.91 Å². The predicted octanol–water partition coefficient (Wildman–Crippen LogP) is 6.00. The van der Waals surface area contributed by atoms with Crippen LogP contribution < -0.4 is 14.8 Å². The highest BCUT2D eigenvalue weighted by atomic mass is 16.5. The summed E-state index contributed by atoms with van der Waals surface area (Å²) in [5.41, 5.74) is 4.04. The second kappa shape index (κ2) is 12.2. The number of nitrogens with zero attached hydrogens (tertiary/aromatic N) is 2. The molecule has 1 N–H and O–H groups in total. The Bertz CT molecular complexity index is 1260. The summed E-state index contributed by atoms with van der Waals surface area (Å²) in [7, 11) is 1.61. The lowest BCUT2D eigenvalue weighted by Gasteiger charge is -2.13. The van der Waals surface area contributed by atoms with Crippen molar-refractivity contribution in [1.29, 1.82) is 0 Å². The standard InChI is InChI=1S/C30H35N3O3/c1-4-22(2)23-11-17-26(18-12-23)36-21-20-33-28-9-6-5-8-27(28)32-29(33)10-7-19-31-30(34)24-13-15-25(35-3)16-14-24/h5-6,8-9,11-18,22H,4,7,10,19-21H2,1-3H3,(H,31,34). The van der Waals surface area contributed by atoms with Gasteiger partial charge in [0.25, 0.3) is 5.91 Å². The predicted molar refractivity (Wildman–Crippen MR) is 144 cm³/mol. The van der Waals surface area contributed by atoms with Crippen molar-refractivity contribution < 1.29 is 14.3 Å². The second-order valence-electron chi connectivity index (χ2n) is 8.98. The Hall–Kier alpha value is -3.80. The van der Waals surface area contributed by atoms with Crippen LogP contribution in [-0.2, 0) is 13.0 Å². The molecule has 1 aromatic heterocycles. The Morgan fingerprint density at radius 3 is 2.44 bits per heavy atom. The molecule has 0 saturated heterocycles. The molecular formula is C30H35N3O3. The smallest absolute Gasteiger partial charge is 0.251 e. The maximum Gasteiger partial charge on any atom is 0.251 e. The molecule has 0 bridgehead atoms. The van der Waals surface area contributed by atoms with E-state index in [0.29, 0.717) is 31.2 Å². The van der Waals surface area contributed by atoms with Crippen molar-refractivity contribution in [2.45, 2.75) is 45.6 Å². The zero-order valence-corrected chi connectivity index (χ0v) is 21.4. The molecule has 1 unspecified atom stereocenters. The molecule has 3 aromatic carbocycles. The first-order valence-electron chi connectivity index (χ1n) is 12.7. The highest BCUT2D eigenvalue weighted by Gasteiger charge is 2.11. The number of methoxy groups -OCH3 is 1.